The SMILES string of the molecule is C[C@@H](NC(=O)OC(C)(C)C)C(=O)N[C@H](Cc1ccccc1)C(=O)NCC(=O)O. The summed E-state index contributed by atoms with van der Waals surface area (Å²) in [5.74, 6) is -2.43. The van der Waals surface area contributed by atoms with Crippen molar-refractivity contribution in [3.63, 3.8) is 0 Å². The first kappa shape index (κ1) is 22.9. The first-order valence-corrected chi connectivity index (χ1v) is 8.81. The highest BCUT2D eigenvalue weighted by atomic mass is 16.6. The fraction of sp³-hybridized carbons (Fsp3) is 0.474. The van der Waals surface area contributed by atoms with E-state index in [1.54, 1.807) is 45.0 Å². The van der Waals surface area contributed by atoms with Crippen molar-refractivity contribution in [1.82, 2.24) is 16.0 Å². The molecule has 0 heterocycles. The van der Waals surface area contributed by atoms with Crippen LogP contribution in [0.25, 0.3) is 0 Å². The summed E-state index contributed by atoms with van der Waals surface area (Å²) in [6.45, 7) is 5.97. The molecule has 0 saturated carbocycles. The highest BCUT2D eigenvalue weighted by Gasteiger charge is 2.26. The van der Waals surface area contributed by atoms with Gasteiger partial charge in [0.15, 0.2) is 0 Å². The third-order valence-electron chi connectivity index (χ3n) is 3.46. The molecule has 0 bridgehead atoms. The minimum Gasteiger partial charge on any atom is -0.480 e. The zero-order valence-corrected chi connectivity index (χ0v) is 16.4. The molecule has 9 nitrogen and oxygen atoms in total. The van der Waals surface area contributed by atoms with Crippen molar-refractivity contribution >= 4 is 23.9 Å². The number of aliphatic carboxylic acids is 1. The second-order valence-electron chi connectivity index (χ2n) is 7.23. The van der Waals surface area contributed by atoms with E-state index in [0.29, 0.717) is 0 Å². The predicted octanol–water partition coefficient (Wildman–Crippen LogP) is 0.828. The predicted molar refractivity (Wildman–Crippen MR) is 102 cm³/mol. The molecule has 3 amide bonds. The number of carbonyl (C=O) groups excluding carboxylic acids is 3. The van der Waals surface area contributed by atoms with Crippen LogP contribution in [0.15, 0.2) is 30.3 Å². The molecule has 2 atom stereocenters. The molecular weight excluding hydrogens is 366 g/mol. The minimum atomic E-state index is -1.20. The first-order chi connectivity index (χ1) is 13.0. The summed E-state index contributed by atoms with van der Waals surface area (Å²) in [4.78, 5) is 47.2. The normalized spacial score (nSPS) is 13.0. The van der Waals surface area contributed by atoms with Gasteiger partial charge in [-0.05, 0) is 33.3 Å². The number of benzene rings is 1. The van der Waals surface area contributed by atoms with E-state index in [0.717, 1.165) is 5.56 Å². The van der Waals surface area contributed by atoms with Gasteiger partial charge in [-0.25, -0.2) is 4.79 Å². The molecule has 1 aromatic rings. The number of carboxylic acids is 1. The van der Waals surface area contributed by atoms with E-state index in [2.05, 4.69) is 16.0 Å². The van der Waals surface area contributed by atoms with Gasteiger partial charge in [0.25, 0.3) is 0 Å². The maximum atomic E-state index is 12.4. The second kappa shape index (κ2) is 10.3. The van der Waals surface area contributed by atoms with Gasteiger partial charge in [-0.2, -0.15) is 0 Å². The number of hydrogen-bond acceptors (Lipinski definition) is 5. The van der Waals surface area contributed by atoms with Crippen LogP contribution < -0.4 is 16.0 Å². The number of hydrogen-bond donors (Lipinski definition) is 4. The highest BCUT2D eigenvalue weighted by molar-refractivity contribution is 5.92. The van der Waals surface area contributed by atoms with Gasteiger partial charge in [-0.1, -0.05) is 30.3 Å². The van der Waals surface area contributed by atoms with E-state index in [-0.39, 0.29) is 6.42 Å². The van der Waals surface area contributed by atoms with Crippen molar-refractivity contribution in [3.05, 3.63) is 35.9 Å². The van der Waals surface area contributed by atoms with E-state index in [1.165, 1.54) is 6.92 Å². The fourth-order valence-electron chi connectivity index (χ4n) is 2.19. The Morgan fingerprint density at radius 3 is 2.18 bits per heavy atom. The minimum absolute atomic E-state index is 0.164. The Labute approximate surface area is 163 Å². The van der Waals surface area contributed by atoms with Crippen LogP contribution in [-0.2, 0) is 25.5 Å². The van der Waals surface area contributed by atoms with E-state index in [4.69, 9.17) is 9.84 Å². The molecule has 154 valence electrons. The molecule has 28 heavy (non-hydrogen) atoms. The largest absolute Gasteiger partial charge is 0.480 e. The van der Waals surface area contributed by atoms with Crippen molar-refractivity contribution in [2.45, 2.75) is 51.8 Å². The lowest BCUT2D eigenvalue weighted by Crippen LogP contribution is -2.54. The molecule has 0 unspecified atom stereocenters. The van der Waals surface area contributed by atoms with Crippen LogP contribution in [0, 0.1) is 0 Å². The van der Waals surface area contributed by atoms with Crippen LogP contribution in [0.2, 0.25) is 0 Å². The van der Waals surface area contributed by atoms with Gasteiger partial charge in [0.05, 0.1) is 0 Å². The monoisotopic (exact) mass is 393 g/mol. The quantitative estimate of drug-likeness (QED) is 0.517. The van der Waals surface area contributed by atoms with E-state index in [9.17, 15) is 19.2 Å². The van der Waals surface area contributed by atoms with Gasteiger partial charge in [0.2, 0.25) is 11.8 Å². The fourth-order valence-corrected chi connectivity index (χ4v) is 2.19. The molecule has 0 saturated heterocycles. The van der Waals surface area contributed by atoms with Gasteiger partial charge in [0, 0.05) is 6.42 Å². The Morgan fingerprint density at radius 1 is 1.04 bits per heavy atom. The second-order valence-corrected chi connectivity index (χ2v) is 7.23. The van der Waals surface area contributed by atoms with E-state index in [1.807, 2.05) is 6.07 Å². The number of alkyl carbamates (subject to hydrolysis) is 1. The number of rotatable bonds is 8. The molecule has 1 rings (SSSR count). The molecule has 4 N–H and O–H groups in total. The number of carbonyl (C=O) groups is 4. The molecule has 1 aromatic carbocycles. The third-order valence-corrected chi connectivity index (χ3v) is 3.46. The number of ether oxygens (including phenoxy) is 1. The standard InChI is InChI=1S/C19H27N3O6/c1-12(21-18(27)28-19(2,3)4)16(25)22-14(17(26)20-11-15(23)24)10-13-8-6-5-7-9-13/h5-9,12,14H,10-11H2,1-4H3,(H,20,26)(H,21,27)(H,22,25)(H,23,24)/t12-,14-/m1/s1. The molecule has 0 fully saturated rings. The van der Waals surface area contributed by atoms with Gasteiger partial charge in [-0.15, -0.1) is 0 Å². The first-order valence-electron chi connectivity index (χ1n) is 8.81. The Kier molecular flexibility index (Phi) is 8.43. The van der Waals surface area contributed by atoms with Crippen LogP contribution in [0.1, 0.15) is 33.3 Å². The zero-order chi connectivity index (χ0) is 21.3. The lowest BCUT2D eigenvalue weighted by molar-refractivity contribution is -0.138. The average Bonchev–Trinajstić information content (AvgIpc) is 2.58. The van der Waals surface area contributed by atoms with Crippen molar-refractivity contribution in [2.24, 2.45) is 0 Å². The Morgan fingerprint density at radius 2 is 1.64 bits per heavy atom. The van der Waals surface area contributed by atoms with E-state index >= 15 is 0 Å². The van der Waals surface area contributed by atoms with Crippen LogP contribution in [0.3, 0.4) is 0 Å². The summed E-state index contributed by atoms with van der Waals surface area (Å²) in [5, 5.41) is 15.9. The summed E-state index contributed by atoms with van der Waals surface area (Å²) in [6.07, 6.45) is -0.595. The Hall–Kier alpha value is -3.10. The number of carboxylic acid groups (broad SMARTS) is 1. The molecule has 0 aliphatic heterocycles. The molecular formula is C19H27N3O6. The summed E-state index contributed by atoms with van der Waals surface area (Å²) < 4.78 is 5.10. The van der Waals surface area contributed by atoms with Crippen molar-refractivity contribution in [3.8, 4) is 0 Å². The molecule has 0 spiro atoms. The van der Waals surface area contributed by atoms with Crippen LogP contribution in [0.4, 0.5) is 4.79 Å². The van der Waals surface area contributed by atoms with Gasteiger partial charge in [-0.3, -0.25) is 14.4 Å². The van der Waals surface area contributed by atoms with Crippen molar-refractivity contribution in [1.29, 1.82) is 0 Å². The van der Waals surface area contributed by atoms with E-state index < -0.39 is 48.1 Å². The maximum Gasteiger partial charge on any atom is 0.408 e. The lowest BCUT2D eigenvalue weighted by Gasteiger charge is -2.23. The van der Waals surface area contributed by atoms with Gasteiger partial charge < -0.3 is 25.8 Å². The van der Waals surface area contributed by atoms with Crippen LogP contribution in [-0.4, -0.2) is 53.2 Å². The number of amides is 3. The molecule has 9 heteroatoms. The van der Waals surface area contributed by atoms with Crippen LogP contribution >= 0.6 is 0 Å². The highest BCUT2D eigenvalue weighted by Crippen LogP contribution is 2.07. The van der Waals surface area contributed by atoms with Gasteiger partial charge in [0.1, 0.15) is 24.2 Å². The topological polar surface area (TPSA) is 134 Å². The average molecular weight is 393 g/mol. The van der Waals surface area contributed by atoms with Crippen molar-refractivity contribution < 1.29 is 29.0 Å². The number of nitrogens with one attached hydrogen (secondary N) is 3. The molecule has 0 aromatic heterocycles. The summed E-state index contributed by atoms with van der Waals surface area (Å²) >= 11 is 0. The third kappa shape index (κ3) is 9.02. The Bertz CT molecular complexity index is 699. The summed E-state index contributed by atoms with van der Waals surface area (Å²) in [5.41, 5.74) is 0.0679. The molecule has 0 aliphatic carbocycles. The van der Waals surface area contributed by atoms with Gasteiger partial charge >= 0.3 is 12.1 Å². The van der Waals surface area contributed by atoms with Crippen LogP contribution in [0.5, 0.6) is 0 Å². The summed E-state index contributed by atoms with van der Waals surface area (Å²) in [6, 6.07) is 7.00. The Balaban J connectivity index is 2.77. The smallest absolute Gasteiger partial charge is 0.408 e. The molecule has 0 radical (unpaired) electrons. The lowest BCUT2D eigenvalue weighted by atomic mass is 10.0. The zero-order valence-electron chi connectivity index (χ0n) is 16.4. The summed E-state index contributed by atoms with van der Waals surface area (Å²) in [7, 11) is 0. The van der Waals surface area contributed by atoms with Crippen molar-refractivity contribution in [2.75, 3.05) is 6.54 Å². The molecule has 0 aliphatic rings. The maximum absolute atomic E-state index is 12.4.